The second-order valence-corrected chi connectivity index (χ2v) is 4.89. The second kappa shape index (κ2) is 4.65. The Morgan fingerprint density at radius 1 is 1.43 bits per heavy atom. The van der Waals surface area contributed by atoms with Crippen LogP contribution in [-0.2, 0) is 0 Å². The highest BCUT2D eigenvalue weighted by atomic mass is 32.2. The summed E-state index contributed by atoms with van der Waals surface area (Å²) in [6.45, 7) is 0. The van der Waals surface area contributed by atoms with Gasteiger partial charge in [-0.2, -0.15) is 0 Å². The normalized spacial score (nSPS) is 16.3. The van der Waals surface area contributed by atoms with E-state index in [0.717, 1.165) is 17.8 Å². The summed E-state index contributed by atoms with van der Waals surface area (Å²) in [6.07, 6.45) is 5.09. The highest BCUT2D eigenvalue weighted by Gasteiger charge is 2.17. The molecule has 0 aromatic heterocycles. The molecule has 0 unspecified atom stereocenters. The van der Waals surface area contributed by atoms with Crippen LogP contribution in [0.1, 0.15) is 29.6 Å². The molecular weight excluding hydrogens is 192 g/mol. The molecule has 0 aliphatic heterocycles. The van der Waals surface area contributed by atoms with Crippen LogP contribution >= 0.6 is 11.8 Å². The molecule has 0 spiro atoms. The fraction of sp³-hybridized carbons (Fsp3) is 0.417. The van der Waals surface area contributed by atoms with Crippen LogP contribution in [-0.4, -0.2) is 12.0 Å². The first-order valence-corrected chi connectivity index (χ1v) is 6.05. The van der Waals surface area contributed by atoms with Gasteiger partial charge in [0, 0.05) is 16.2 Å². The van der Waals surface area contributed by atoms with Gasteiger partial charge >= 0.3 is 0 Å². The zero-order chi connectivity index (χ0) is 9.80. The molecule has 1 nitrogen and oxygen atoms in total. The number of thioether (sulfide) groups is 1. The van der Waals surface area contributed by atoms with E-state index in [1.54, 1.807) is 0 Å². The first-order valence-electron chi connectivity index (χ1n) is 5.06. The van der Waals surface area contributed by atoms with Crippen LogP contribution in [0.15, 0.2) is 29.2 Å². The molecule has 0 atom stereocenters. The molecule has 0 radical (unpaired) electrons. The predicted molar refractivity (Wildman–Crippen MR) is 59.9 cm³/mol. The number of carbonyl (C=O) groups excluding carboxylic acids is 1. The molecule has 1 aromatic rings. The molecule has 0 amide bonds. The van der Waals surface area contributed by atoms with Crippen molar-refractivity contribution in [2.45, 2.75) is 24.2 Å². The van der Waals surface area contributed by atoms with Crippen molar-refractivity contribution in [1.29, 1.82) is 0 Å². The fourth-order valence-corrected chi connectivity index (χ4v) is 2.71. The lowest BCUT2D eigenvalue weighted by Gasteiger charge is -2.24. The maximum Gasteiger partial charge on any atom is 0.150 e. The van der Waals surface area contributed by atoms with E-state index in [9.17, 15) is 4.79 Å². The lowest BCUT2D eigenvalue weighted by molar-refractivity contribution is 0.112. The van der Waals surface area contributed by atoms with Gasteiger partial charge < -0.3 is 0 Å². The van der Waals surface area contributed by atoms with Gasteiger partial charge in [0.2, 0.25) is 0 Å². The SMILES string of the molecule is O=Cc1cccc(SCC2CCC2)c1. The van der Waals surface area contributed by atoms with Crippen molar-refractivity contribution in [3.8, 4) is 0 Å². The molecule has 0 saturated heterocycles. The summed E-state index contributed by atoms with van der Waals surface area (Å²) in [5, 5.41) is 0. The molecule has 1 fully saturated rings. The van der Waals surface area contributed by atoms with E-state index in [2.05, 4.69) is 6.07 Å². The third-order valence-electron chi connectivity index (χ3n) is 2.70. The predicted octanol–water partition coefficient (Wildman–Crippen LogP) is 3.39. The molecule has 1 saturated carbocycles. The van der Waals surface area contributed by atoms with Crippen molar-refractivity contribution in [3.05, 3.63) is 29.8 Å². The Bertz CT molecular complexity index is 318. The van der Waals surface area contributed by atoms with Gasteiger partial charge in [-0.3, -0.25) is 4.79 Å². The van der Waals surface area contributed by atoms with Crippen LogP contribution in [0.2, 0.25) is 0 Å². The average Bonchev–Trinajstić information content (AvgIpc) is 2.16. The Kier molecular flexibility index (Phi) is 3.25. The highest BCUT2D eigenvalue weighted by Crippen LogP contribution is 2.32. The number of carbonyl (C=O) groups is 1. The monoisotopic (exact) mass is 206 g/mol. The standard InChI is InChI=1S/C12H14OS/c13-8-11-5-2-6-12(7-11)14-9-10-3-1-4-10/h2,5-8,10H,1,3-4,9H2. The fourth-order valence-electron chi connectivity index (χ4n) is 1.55. The third kappa shape index (κ3) is 2.38. The van der Waals surface area contributed by atoms with E-state index in [-0.39, 0.29) is 0 Å². The first-order chi connectivity index (χ1) is 6.88. The largest absolute Gasteiger partial charge is 0.298 e. The Balaban J connectivity index is 1.90. The van der Waals surface area contributed by atoms with Gasteiger partial charge in [-0.05, 0) is 30.9 Å². The van der Waals surface area contributed by atoms with E-state index in [0.29, 0.717) is 0 Å². The Hall–Kier alpha value is -0.760. The number of rotatable bonds is 4. The quantitative estimate of drug-likeness (QED) is 0.555. The lowest BCUT2D eigenvalue weighted by atomic mass is 9.87. The van der Waals surface area contributed by atoms with Gasteiger partial charge in [0.25, 0.3) is 0 Å². The van der Waals surface area contributed by atoms with Crippen LogP contribution in [0.3, 0.4) is 0 Å². The Labute approximate surface area is 88.9 Å². The number of benzene rings is 1. The third-order valence-corrected chi connectivity index (χ3v) is 3.93. The Morgan fingerprint density at radius 2 is 2.29 bits per heavy atom. The van der Waals surface area contributed by atoms with Crippen LogP contribution in [0.4, 0.5) is 0 Å². The molecule has 0 N–H and O–H groups in total. The molecule has 1 aliphatic carbocycles. The summed E-state index contributed by atoms with van der Waals surface area (Å²) in [4.78, 5) is 11.8. The van der Waals surface area contributed by atoms with Gasteiger partial charge in [-0.1, -0.05) is 18.6 Å². The number of hydrogen-bond donors (Lipinski definition) is 0. The maximum absolute atomic E-state index is 10.6. The van der Waals surface area contributed by atoms with Crippen molar-refractivity contribution in [1.82, 2.24) is 0 Å². The number of hydrogen-bond acceptors (Lipinski definition) is 2. The minimum absolute atomic E-state index is 0.781. The second-order valence-electron chi connectivity index (χ2n) is 3.80. The maximum atomic E-state index is 10.6. The lowest BCUT2D eigenvalue weighted by Crippen LogP contribution is -2.13. The van der Waals surface area contributed by atoms with Crippen LogP contribution in [0, 0.1) is 5.92 Å². The van der Waals surface area contributed by atoms with Gasteiger partial charge in [-0.15, -0.1) is 11.8 Å². The average molecular weight is 206 g/mol. The van der Waals surface area contributed by atoms with Crippen molar-refractivity contribution < 1.29 is 4.79 Å². The topological polar surface area (TPSA) is 17.1 Å². The van der Waals surface area contributed by atoms with E-state index in [4.69, 9.17) is 0 Å². The highest BCUT2D eigenvalue weighted by molar-refractivity contribution is 7.99. The number of aldehydes is 1. The van der Waals surface area contributed by atoms with E-state index < -0.39 is 0 Å². The minimum Gasteiger partial charge on any atom is -0.298 e. The first kappa shape index (κ1) is 9.78. The zero-order valence-corrected chi connectivity index (χ0v) is 8.93. The van der Waals surface area contributed by atoms with Crippen LogP contribution in [0.5, 0.6) is 0 Å². The Morgan fingerprint density at radius 3 is 2.93 bits per heavy atom. The summed E-state index contributed by atoms with van der Waals surface area (Å²) in [5.41, 5.74) is 0.781. The molecule has 74 valence electrons. The molecule has 0 bridgehead atoms. The smallest absolute Gasteiger partial charge is 0.150 e. The summed E-state index contributed by atoms with van der Waals surface area (Å²) in [7, 11) is 0. The molecular formula is C12H14OS. The van der Waals surface area contributed by atoms with Crippen molar-refractivity contribution in [3.63, 3.8) is 0 Å². The van der Waals surface area contributed by atoms with E-state index in [1.165, 1.54) is 29.9 Å². The van der Waals surface area contributed by atoms with Crippen molar-refractivity contribution in [2.24, 2.45) is 5.92 Å². The molecule has 1 aromatic carbocycles. The molecule has 1 aliphatic rings. The van der Waals surface area contributed by atoms with Gasteiger partial charge in [-0.25, -0.2) is 0 Å². The summed E-state index contributed by atoms with van der Waals surface area (Å²) < 4.78 is 0. The van der Waals surface area contributed by atoms with Gasteiger partial charge in [0.05, 0.1) is 0 Å². The molecule has 0 heterocycles. The molecule has 2 heteroatoms. The zero-order valence-electron chi connectivity index (χ0n) is 8.11. The summed E-state index contributed by atoms with van der Waals surface area (Å²) >= 11 is 1.87. The molecule has 2 rings (SSSR count). The van der Waals surface area contributed by atoms with Crippen molar-refractivity contribution in [2.75, 3.05) is 5.75 Å². The van der Waals surface area contributed by atoms with E-state index in [1.807, 2.05) is 30.0 Å². The van der Waals surface area contributed by atoms with Crippen LogP contribution < -0.4 is 0 Å². The minimum atomic E-state index is 0.781. The van der Waals surface area contributed by atoms with E-state index >= 15 is 0 Å². The van der Waals surface area contributed by atoms with Crippen molar-refractivity contribution >= 4 is 18.0 Å². The van der Waals surface area contributed by atoms with Gasteiger partial charge in [0.1, 0.15) is 6.29 Å². The van der Waals surface area contributed by atoms with Crippen LogP contribution in [0.25, 0.3) is 0 Å². The van der Waals surface area contributed by atoms with Gasteiger partial charge in [0.15, 0.2) is 0 Å². The molecule has 14 heavy (non-hydrogen) atoms. The summed E-state index contributed by atoms with van der Waals surface area (Å²) in [6, 6.07) is 7.85. The summed E-state index contributed by atoms with van der Waals surface area (Å²) in [5.74, 6) is 2.13.